The van der Waals surface area contributed by atoms with Crippen LogP contribution in [0.2, 0.25) is 0 Å². The van der Waals surface area contributed by atoms with Crippen molar-refractivity contribution in [2.24, 2.45) is 5.92 Å². The molecule has 10 nitrogen and oxygen atoms in total. The number of aliphatic hydroxyl groups is 1. The molecule has 2 aromatic rings. The van der Waals surface area contributed by atoms with E-state index in [1.807, 2.05) is 6.92 Å². The molecule has 0 unspecified atom stereocenters. The van der Waals surface area contributed by atoms with Gasteiger partial charge in [-0.15, -0.1) is 11.3 Å². The van der Waals surface area contributed by atoms with Gasteiger partial charge in [0.25, 0.3) is 10.0 Å². The number of hydrogen-bond acceptors (Lipinski definition) is 8. The van der Waals surface area contributed by atoms with E-state index in [-0.39, 0.29) is 47.8 Å². The molecule has 1 aromatic heterocycles. The van der Waals surface area contributed by atoms with Crippen LogP contribution in [0.1, 0.15) is 19.4 Å². The Morgan fingerprint density at radius 2 is 2.00 bits per heavy atom. The number of sulfonamides is 2. The summed E-state index contributed by atoms with van der Waals surface area (Å²) in [7, 11) is -5.80. The highest BCUT2D eigenvalue weighted by molar-refractivity contribution is 7.94. The van der Waals surface area contributed by atoms with Crippen LogP contribution in [-0.2, 0) is 31.3 Å². The smallest absolute Gasteiger partial charge is 0.271 e. The summed E-state index contributed by atoms with van der Waals surface area (Å²) in [5.41, 5.74) is 0.727. The van der Waals surface area contributed by atoms with Crippen molar-refractivity contribution in [2.75, 3.05) is 37.7 Å². The van der Waals surface area contributed by atoms with Crippen LogP contribution in [0, 0.1) is 5.92 Å². The van der Waals surface area contributed by atoms with Crippen LogP contribution < -0.4 is 9.46 Å². The minimum atomic E-state index is -3.79. The average molecular weight is 546 g/mol. The second-order valence-electron chi connectivity index (χ2n) is 8.79. The first-order valence-electron chi connectivity index (χ1n) is 11.0. The predicted molar refractivity (Wildman–Crippen MR) is 135 cm³/mol. The van der Waals surface area contributed by atoms with Gasteiger partial charge in [-0.2, -0.15) is 0 Å². The molecular formula is C22H31N3O7S3. The average Bonchev–Trinajstić information content (AvgIpc) is 3.33. The maximum Gasteiger partial charge on any atom is 0.271 e. The summed E-state index contributed by atoms with van der Waals surface area (Å²) in [6, 6.07) is 7.35. The van der Waals surface area contributed by atoms with E-state index in [9.17, 15) is 26.7 Å². The number of hydrogen-bond donors (Lipinski definition) is 2. The quantitative estimate of drug-likeness (QED) is 0.515. The van der Waals surface area contributed by atoms with E-state index in [1.54, 1.807) is 41.5 Å². The van der Waals surface area contributed by atoms with Gasteiger partial charge < -0.3 is 14.7 Å². The topological polar surface area (TPSA) is 133 Å². The lowest BCUT2D eigenvalue weighted by Crippen LogP contribution is -2.48. The van der Waals surface area contributed by atoms with E-state index in [0.29, 0.717) is 11.3 Å². The van der Waals surface area contributed by atoms with Gasteiger partial charge >= 0.3 is 0 Å². The van der Waals surface area contributed by atoms with E-state index < -0.39 is 32.2 Å². The fraction of sp³-hybridized carbons (Fsp3) is 0.500. The van der Waals surface area contributed by atoms with Gasteiger partial charge in [0, 0.05) is 30.8 Å². The summed E-state index contributed by atoms with van der Waals surface area (Å²) >= 11 is 1.09. The molecule has 0 fully saturated rings. The fourth-order valence-corrected chi connectivity index (χ4v) is 6.18. The normalized spacial score (nSPS) is 20.4. The summed E-state index contributed by atoms with van der Waals surface area (Å²) < 4.78 is 59.5. The van der Waals surface area contributed by atoms with Gasteiger partial charge in [-0.05, 0) is 36.6 Å². The molecule has 1 aromatic carbocycles. The van der Waals surface area contributed by atoms with Crippen LogP contribution in [-0.4, -0.2) is 82.2 Å². The first-order valence-corrected chi connectivity index (χ1v) is 15.2. The van der Waals surface area contributed by atoms with Crippen LogP contribution in [0.25, 0.3) is 0 Å². The van der Waals surface area contributed by atoms with Crippen molar-refractivity contribution >= 4 is 43.0 Å². The highest BCUT2D eigenvalue weighted by Crippen LogP contribution is 2.30. The largest absolute Gasteiger partial charge is 0.488 e. The third-order valence-corrected chi connectivity index (χ3v) is 9.99. The van der Waals surface area contributed by atoms with E-state index in [2.05, 4.69) is 4.72 Å². The first-order chi connectivity index (χ1) is 16.3. The van der Waals surface area contributed by atoms with E-state index in [1.165, 1.54) is 17.4 Å². The molecular weight excluding hydrogens is 514 g/mol. The Hall–Kier alpha value is -2.19. The zero-order chi connectivity index (χ0) is 26.0. The molecule has 0 bridgehead atoms. The van der Waals surface area contributed by atoms with Gasteiger partial charge in [0.1, 0.15) is 16.1 Å². The molecule has 3 rings (SSSR count). The zero-order valence-electron chi connectivity index (χ0n) is 20.0. The minimum Gasteiger partial charge on any atom is -0.488 e. The SMILES string of the molecule is C[C@@H]1CN([C@H](C)CO)C(=O)Cc2cc(NS(=O)(=O)c3cccs3)ccc2O[C@H]1CN(C)S(C)(=O)=O. The number of carbonyl (C=O) groups excluding carboxylic acids is 1. The monoisotopic (exact) mass is 545 g/mol. The highest BCUT2D eigenvalue weighted by Gasteiger charge is 2.32. The Labute approximate surface area is 210 Å². The molecule has 0 saturated carbocycles. The third-order valence-electron chi connectivity index (χ3n) is 5.93. The number of anilines is 1. The molecule has 1 aliphatic heterocycles. The number of nitrogens with zero attached hydrogens (tertiary/aromatic N) is 2. The molecule has 2 N–H and O–H groups in total. The summed E-state index contributed by atoms with van der Waals surface area (Å²) in [5, 5.41) is 11.4. The Balaban J connectivity index is 2.00. The second-order valence-corrected chi connectivity index (χ2v) is 13.7. The van der Waals surface area contributed by atoms with Crippen LogP contribution in [0.15, 0.2) is 39.9 Å². The van der Waals surface area contributed by atoms with Gasteiger partial charge in [0.2, 0.25) is 15.9 Å². The number of likely N-dealkylation sites (N-methyl/N-ethyl adjacent to an activating group) is 1. The van der Waals surface area contributed by atoms with Gasteiger partial charge in [-0.25, -0.2) is 21.1 Å². The van der Waals surface area contributed by atoms with Crippen molar-refractivity contribution in [1.82, 2.24) is 9.21 Å². The van der Waals surface area contributed by atoms with Gasteiger partial charge in [-0.1, -0.05) is 13.0 Å². The van der Waals surface area contributed by atoms with Crippen molar-refractivity contribution in [3.63, 3.8) is 0 Å². The lowest BCUT2D eigenvalue weighted by molar-refractivity contribution is -0.134. The van der Waals surface area contributed by atoms with Crippen LogP contribution in [0.3, 0.4) is 0 Å². The lowest BCUT2D eigenvalue weighted by atomic mass is 10.0. The van der Waals surface area contributed by atoms with Crippen molar-refractivity contribution in [1.29, 1.82) is 0 Å². The zero-order valence-corrected chi connectivity index (χ0v) is 22.5. The van der Waals surface area contributed by atoms with Crippen molar-refractivity contribution < 1.29 is 31.5 Å². The molecule has 13 heteroatoms. The maximum absolute atomic E-state index is 13.2. The van der Waals surface area contributed by atoms with Gasteiger partial charge in [0.05, 0.1) is 31.9 Å². The van der Waals surface area contributed by atoms with E-state index >= 15 is 0 Å². The van der Waals surface area contributed by atoms with E-state index in [0.717, 1.165) is 17.6 Å². The Kier molecular flexibility index (Phi) is 8.48. The summed E-state index contributed by atoms with van der Waals surface area (Å²) in [6.07, 6.45) is 0.438. The number of rotatable bonds is 8. The standard InChI is InChI=1S/C22H31N3O7S3/c1-15-12-25(16(2)14-26)21(27)11-17-10-18(23-35(30,31)22-6-5-9-33-22)7-8-19(17)32-20(15)13-24(3)34(4,28)29/h5-10,15-16,20,23,26H,11-14H2,1-4H3/t15-,16-,20+/m1/s1. The number of thiophene rings is 1. The maximum atomic E-state index is 13.2. The second kappa shape index (κ2) is 10.8. The number of aliphatic hydroxyl groups excluding tert-OH is 1. The van der Waals surface area contributed by atoms with Crippen LogP contribution in [0.5, 0.6) is 5.75 Å². The molecule has 194 valence electrons. The number of nitrogens with one attached hydrogen (secondary N) is 1. The summed E-state index contributed by atoms with van der Waals surface area (Å²) in [4.78, 5) is 14.8. The molecule has 1 amide bonds. The number of benzene rings is 1. The van der Waals surface area contributed by atoms with Gasteiger partial charge in [0.15, 0.2) is 0 Å². The summed E-state index contributed by atoms with van der Waals surface area (Å²) in [6.45, 7) is 3.67. The molecule has 0 aliphatic carbocycles. The van der Waals surface area contributed by atoms with E-state index in [4.69, 9.17) is 4.74 Å². The van der Waals surface area contributed by atoms with Crippen LogP contribution >= 0.6 is 11.3 Å². The molecule has 35 heavy (non-hydrogen) atoms. The number of fused-ring (bicyclic) bond motifs is 1. The number of carbonyl (C=O) groups is 1. The van der Waals surface area contributed by atoms with Crippen molar-refractivity contribution in [3.05, 3.63) is 41.3 Å². The number of amides is 1. The Bertz CT molecular complexity index is 1250. The highest BCUT2D eigenvalue weighted by atomic mass is 32.2. The Morgan fingerprint density at radius 3 is 2.60 bits per heavy atom. The predicted octanol–water partition coefficient (Wildman–Crippen LogP) is 1.59. The third kappa shape index (κ3) is 6.73. The lowest BCUT2D eigenvalue weighted by Gasteiger charge is -2.33. The fourth-order valence-electron chi connectivity index (χ4n) is 3.72. The molecule has 1 aliphatic rings. The minimum absolute atomic E-state index is 0.0573. The molecule has 0 spiro atoms. The van der Waals surface area contributed by atoms with Crippen molar-refractivity contribution in [2.45, 2.75) is 36.6 Å². The molecule has 3 atom stereocenters. The Morgan fingerprint density at radius 1 is 1.29 bits per heavy atom. The molecule has 0 saturated heterocycles. The number of ether oxygens (including phenoxy) is 1. The molecule has 0 radical (unpaired) electrons. The first kappa shape index (κ1) is 27.4. The summed E-state index contributed by atoms with van der Waals surface area (Å²) in [5.74, 6) is -0.145. The van der Waals surface area contributed by atoms with Gasteiger partial charge in [-0.3, -0.25) is 9.52 Å². The molecule has 2 heterocycles. The van der Waals surface area contributed by atoms with Crippen molar-refractivity contribution in [3.8, 4) is 5.75 Å². The van der Waals surface area contributed by atoms with Crippen LogP contribution in [0.4, 0.5) is 5.69 Å².